The zero-order chi connectivity index (χ0) is 13.5. The van der Waals surface area contributed by atoms with Gasteiger partial charge in [0.15, 0.2) is 11.5 Å². The van der Waals surface area contributed by atoms with Gasteiger partial charge < -0.3 is 10.0 Å². The van der Waals surface area contributed by atoms with Crippen molar-refractivity contribution in [1.82, 2.24) is 10.2 Å². The average Bonchev–Trinajstić information content (AvgIpc) is 2.34. The Kier molecular flexibility index (Phi) is 5.06. The molecule has 0 spiro atoms. The van der Waals surface area contributed by atoms with Crippen LogP contribution in [0.5, 0.6) is 0 Å². The van der Waals surface area contributed by atoms with Crippen molar-refractivity contribution in [3.05, 3.63) is 17.8 Å². The van der Waals surface area contributed by atoms with Crippen LogP contribution in [0.25, 0.3) is 0 Å². The lowest BCUT2D eigenvalue weighted by molar-refractivity contribution is 0.0689. The third-order valence-electron chi connectivity index (χ3n) is 2.27. The van der Waals surface area contributed by atoms with Crippen molar-refractivity contribution in [3.63, 3.8) is 0 Å². The van der Waals surface area contributed by atoms with Gasteiger partial charge in [-0.25, -0.2) is 4.79 Å². The van der Waals surface area contributed by atoms with Crippen molar-refractivity contribution in [2.24, 2.45) is 5.92 Å². The molecule has 6 heteroatoms. The van der Waals surface area contributed by atoms with Crippen molar-refractivity contribution in [1.29, 1.82) is 5.26 Å². The van der Waals surface area contributed by atoms with Gasteiger partial charge in [-0.05, 0) is 18.1 Å². The Balaban J connectivity index is 2.84. The molecule has 0 radical (unpaired) electrons. The van der Waals surface area contributed by atoms with Gasteiger partial charge in [0.1, 0.15) is 0 Å². The van der Waals surface area contributed by atoms with E-state index in [0.29, 0.717) is 24.7 Å². The molecule has 0 atom stereocenters. The fourth-order valence-electron chi connectivity index (χ4n) is 1.53. The third kappa shape index (κ3) is 4.01. The summed E-state index contributed by atoms with van der Waals surface area (Å²) >= 11 is 0. The van der Waals surface area contributed by atoms with E-state index < -0.39 is 5.97 Å². The lowest BCUT2D eigenvalue weighted by Gasteiger charge is -2.23. The van der Waals surface area contributed by atoms with Gasteiger partial charge in [-0.1, -0.05) is 13.8 Å². The number of carboxylic acids is 1. The summed E-state index contributed by atoms with van der Waals surface area (Å²) in [4.78, 5) is 12.6. The zero-order valence-electron chi connectivity index (χ0n) is 10.5. The molecule has 0 saturated carbocycles. The van der Waals surface area contributed by atoms with Crippen molar-refractivity contribution in [2.45, 2.75) is 20.3 Å². The molecule has 0 fully saturated rings. The first kappa shape index (κ1) is 13.9. The summed E-state index contributed by atoms with van der Waals surface area (Å²) in [6.45, 7) is 5.45. The smallest absolute Gasteiger partial charge is 0.356 e. The topological polar surface area (TPSA) is 90.1 Å². The molecular formula is C12H16N4O2. The molecule has 1 aromatic heterocycles. The minimum absolute atomic E-state index is 0.0801. The maximum atomic E-state index is 10.7. The van der Waals surface area contributed by atoms with Gasteiger partial charge in [-0.3, -0.25) is 0 Å². The quantitative estimate of drug-likeness (QED) is 0.821. The van der Waals surface area contributed by atoms with Crippen LogP contribution in [0.2, 0.25) is 0 Å². The molecule has 1 N–H and O–H groups in total. The Morgan fingerprint density at radius 1 is 1.50 bits per heavy atom. The summed E-state index contributed by atoms with van der Waals surface area (Å²) in [7, 11) is 0. The number of aromatic nitrogens is 2. The van der Waals surface area contributed by atoms with Crippen LogP contribution in [0.1, 0.15) is 30.8 Å². The SMILES string of the molecule is CC(C)CN(CCC#N)c1ccc(C(=O)O)nn1. The molecular weight excluding hydrogens is 232 g/mol. The molecule has 0 amide bonds. The maximum absolute atomic E-state index is 10.7. The number of nitrogens with zero attached hydrogens (tertiary/aromatic N) is 4. The summed E-state index contributed by atoms with van der Waals surface area (Å²) in [5.74, 6) is -0.0740. The molecule has 0 unspecified atom stereocenters. The van der Waals surface area contributed by atoms with Crippen molar-refractivity contribution >= 4 is 11.8 Å². The van der Waals surface area contributed by atoms with E-state index in [2.05, 4.69) is 30.1 Å². The van der Waals surface area contributed by atoms with Gasteiger partial charge in [0, 0.05) is 13.1 Å². The molecule has 1 heterocycles. The van der Waals surface area contributed by atoms with Crippen LogP contribution in [0, 0.1) is 17.2 Å². The molecule has 0 aliphatic heterocycles. The highest BCUT2D eigenvalue weighted by Gasteiger charge is 2.12. The lowest BCUT2D eigenvalue weighted by Crippen LogP contribution is -2.29. The maximum Gasteiger partial charge on any atom is 0.356 e. The molecule has 0 aliphatic carbocycles. The predicted molar refractivity (Wildman–Crippen MR) is 66.3 cm³/mol. The second kappa shape index (κ2) is 6.55. The van der Waals surface area contributed by atoms with Crippen LogP contribution in [-0.4, -0.2) is 34.4 Å². The molecule has 18 heavy (non-hydrogen) atoms. The van der Waals surface area contributed by atoms with E-state index in [1.807, 2.05) is 4.90 Å². The standard InChI is InChI=1S/C12H16N4O2/c1-9(2)8-16(7-3-6-13)11-5-4-10(12(17)18)14-15-11/h4-5,9H,3,7-8H2,1-2H3,(H,17,18). The monoisotopic (exact) mass is 248 g/mol. The van der Waals surface area contributed by atoms with E-state index in [0.717, 1.165) is 6.54 Å². The van der Waals surface area contributed by atoms with E-state index in [4.69, 9.17) is 10.4 Å². The molecule has 1 rings (SSSR count). The Labute approximate surface area is 106 Å². The second-order valence-electron chi connectivity index (χ2n) is 4.33. The van der Waals surface area contributed by atoms with Crippen LogP contribution >= 0.6 is 0 Å². The van der Waals surface area contributed by atoms with Gasteiger partial charge in [-0.15, -0.1) is 10.2 Å². The lowest BCUT2D eigenvalue weighted by atomic mass is 10.2. The first-order valence-corrected chi connectivity index (χ1v) is 5.73. The normalized spacial score (nSPS) is 10.1. The highest BCUT2D eigenvalue weighted by molar-refractivity contribution is 5.85. The summed E-state index contributed by atoms with van der Waals surface area (Å²) in [5.41, 5.74) is -0.0801. The van der Waals surface area contributed by atoms with Gasteiger partial charge in [0.2, 0.25) is 0 Å². The molecule has 0 aromatic carbocycles. The fourth-order valence-corrected chi connectivity index (χ4v) is 1.53. The van der Waals surface area contributed by atoms with Gasteiger partial charge in [0.25, 0.3) is 0 Å². The molecule has 1 aromatic rings. The molecule has 96 valence electrons. The highest BCUT2D eigenvalue weighted by atomic mass is 16.4. The minimum Gasteiger partial charge on any atom is -0.476 e. The molecule has 0 saturated heterocycles. The van der Waals surface area contributed by atoms with E-state index in [1.165, 1.54) is 6.07 Å². The van der Waals surface area contributed by atoms with Crippen LogP contribution in [-0.2, 0) is 0 Å². The number of anilines is 1. The summed E-state index contributed by atoms with van der Waals surface area (Å²) in [6, 6.07) is 5.13. The van der Waals surface area contributed by atoms with Gasteiger partial charge in [-0.2, -0.15) is 5.26 Å². The van der Waals surface area contributed by atoms with Crippen molar-refractivity contribution < 1.29 is 9.90 Å². The Morgan fingerprint density at radius 3 is 2.67 bits per heavy atom. The van der Waals surface area contributed by atoms with E-state index in [9.17, 15) is 4.79 Å². The largest absolute Gasteiger partial charge is 0.476 e. The van der Waals surface area contributed by atoms with E-state index in [1.54, 1.807) is 6.07 Å². The summed E-state index contributed by atoms with van der Waals surface area (Å²) in [6.07, 6.45) is 0.398. The minimum atomic E-state index is -1.10. The van der Waals surface area contributed by atoms with Gasteiger partial charge >= 0.3 is 5.97 Å². The van der Waals surface area contributed by atoms with Crippen LogP contribution in [0.3, 0.4) is 0 Å². The average molecular weight is 248 g/mol. The van der Waals surface area contributed by atoms with Crippen molar-refractivity contribution in [2.75, 3.05) is 18.0 Å². The number of carboxylic acid groups (broad SMARTS) is 1. The van der Waals surface area contributed by atoms with Crippen LogP contribution in [0.15, 0.2) is 12.1 Å². The van der Waals surface area contributed by atoms with E-state index in [-0.39, 0.29) is 5.69 Å². The number of carbonyl (C=O) groups is 1. The summed E-state index contributed by atoms with van der Waals surface area (Å²) in [5, 5.41) is 24.9. The number of hydrogen-bond donors (Lipinski definition) is 1. The Bertz CT molecular complexity index is 436. The Morgan fingerprint density at radius 2 is 2.22 bits per heavy atom. The molecule has 0 bridgehead atoms. The van der Waals surface area contributed by atoms with Crippen LogP contribution < -0.4 is 4.90 Å². The third-order valence-corrected chi connectivity index (χ3v) is 2.27. The number of nitriles is 1. The first-order valence-electron chi connectivity index (χ1n) is 5.73. The predicted octanol–water partition coefficient (Wildman–Crippen LogP) is 1.55. The summed E-state index contributed by atoms with van der Waals surface area (Å²) < 4.78 is 0. The van der Waals surface area contributed by atoms with Crippen LogP contribution in [0.4, 0.5) is 5.82 Å². The number of rotatable bonds is 6. The zero-order valence-corrected chi connectivity index (χ0v) is 10.5. The second-order valence-corrected chi connectivity index (χ2v) is 4.33. The molecule has 0 aliphatic rings. The van der Waals surface area contributed by atoms with Crippen molar-refractivity contribution in [3.8, 4) is 6.07 Å². The highest BCUT2D eigenvalue weighted by Crippen LogP contribution is 2.12. The van der Waals surface area contributed by atoms with Gasteiger partial charge in [0.05, 0.1) is 12.5 Å². The molecule has 6 nitrogen and oxygen atoms in total. The number of aromatic carboxylic acids is 1. The fraction of sp³-hybridized carbons (Fsp3) is 0.500. The Hall–Kier alpha value is -2.16. The first-order chi connectivity index (χ1) is 8.54. The number of hydrogen-bond acceptors (Lipinski definition) is 5. The van der Waals surface area contributed by atoms with E-state index >= 15 is 0 Å².